The second-order valence-electron chi connectivity index (χ2n) is 2.83. The lowest BCUT2D eigenvalue weighted by Gasteiger charge is -2.18. The number of hydrogen-bond donors (Lipinski definition) is 0. The number of ether oxygens (including phenoxy) is 2. The highest BCUT2D eigenvalue weighted by atomic mass is 19.4. The molecule has 3 nitrogen and oxygen atoms in total. The fraction of sp³-hybridized carbons (Fsp3) is 0.444. The van der Waals surface area contributed by atoms with Gasteiger partial charge < -0.3 is 9.47 Å². The minimum Gasteiger partial charge on any atom is -0.469 e. The number of esters is 1. The number of carbonyl (C=O) groups is 1. The lowest BCUT2D eigenvalue weighted by atomic mass is 10.2. The van der Waals surface area contributed by atoms with Crippen LogP contribution in [0.2, 0.25) is 0 Å². The molecule has 0 amide bonds. The van der Waals surface area contributed by atoms with Crippen LogP contribution in [0.4, 0.5) is 13.2 Å². The Bertz CT molecular complexity index is 315. The van der Waals surface area contributed by atoms with Crippen LogP contribution in [-0.2, 0) is 14.3 Å². The van der Waals surface area contributed by atoms with Gasteiger partial charge in [-0.1, -0.05) is 0 Å². The van der Waals surface area contributed by atoms with Gasteiger partial charge in [0.2, 0.25) is 5.76 Å². The molecule has 1 heterocycles. The van der Waals surface area contributed by atoms with E-state index < -0.39 is 17.9 Å². The van der Waals surface area contributed by atoms with E-state index in [0.717, 1.165) is 13.2 Å². The van der Waals surface area contributed by atoms with E-state index >= 15 is 0 Å². The summed E-state index contributed by atoms with van der Waals surface area (Å²) < 4.78 is 45.4. The molecular formula is C9H9F3O3. The molecule has 1 rings (SSSR count). The van der Waals surface area contributed by atoms with Gasteiger partial charge in [0.15, 0.2) is 0 Å². The number of halogens is 3. The topological polar surface area (TPSA) is 35.5 Å². The van der Waals surface area contributed by atoms with Gasteiger partial charge in [-0.3, -0.25) is 4.79 Å². The van der Waals surface area contributed by atoms with Crippen LogP contribution in [-0.4, -0.2) is 19.3 Å². The van der Waals surface area contributed by atoms with Crippen LogP contribution in [0.25, 0.3) is 0 Å². The molecule has 0 unspecified atom stereocenters. The molecule has 0 aromatic heterocycles. The third-order valence-electron chi connectivity index (χ3n) is 1.72. The molecule has 0 aromatic carbocycles. The van der Waals surface area contributed by atoms with Crippen LogP contribution >= 0.6 is 0 Å². The van der Waals surface area contributed by atoms with Crippen LogP contribution in [0.1, 0.15) is 12.8 Å². The maximum atomic E-state index is 12.2. The zero-order valence-electron chi connectivity index (χ0n) is 7.93. The number of hydrogen-bond acceptors (Lipinski definition) is 3. The first-order chi connectivity index (χ1) is 6.93. The number of methoxy groups -OCH3 is 1. The van der Waals surface area contributed by atoms with Gasteiger partial charge in [0.1, 0.15) is 12.2 Å². The molecule has 0 N–H and O–H groups in total. The van der Waals surface area contributed by atoms with Crippen LogP contribution in [0.15, 0.2) is 23.7 Å². The van der Waals surface area contributed by atoms with Crippen molar-refractivity contribution < 1.29 is 27.4 Å². The van der Waals surface area contributed by atoms with E-state index in [2.05, 4.69) is 9.47 Å². The first kappa shape index (κ1) is 11.6. The molecular weight excluding hydrogens is 213 g/mol. The normalized spacial score (nSPS) is 16.3. The van der Waals surface area contributed by atoms with Gasteiger partial charge >= 0.3 is 12.1 Å². The summed E-state index contributed by atoms with van der Waals surface area (Å²) in [4.78, 5) is 10.8. The van der Waals surface area contributed by atoms with Crippen LogP contribution < -0.4 is 0 Å². The highest BCUT2D eigenvalue weighted by Gasteiger charge is 2.37. The SMILES string of the molecule is COC(=O)CC1=CCC=C(C(F)(F)F)O1. The fourth-order valence-electron chi connectivity index (χ4n) is 1.02. The smallest absolute Gasteiger partial charge is 0.449 e. The number of rotatable bonds is 2. The molecule has 0 spiro atoms. The molecule has 0 aliphatic carbocycles. The van der Waals surface area contributed by atoms with Gasteiger partial charge in [-0.05, 0) is 18.6 Å². The third kappa shape index (κ3) is 3.30. The summed E-state index contributed by atoms with van der Waals surface area (Å²) in [5.74, 6) is -1.75. The first-order valence-corrected chi connectivity index (χ1v) is 4.14. The van der Waals surface area contributed by atoms with Crippen molar-refractivity contribution in [2.45, 2.75) is 19.0 Å². The Morgan fingerprint density at radius 2 is 2.20 bits per heavy atom. The first-order valence-electron chi connectivity index (χ1n) is 4.14. The Labute approximate surface area is 84.2 Å². The average molecular weight is 222 g/mol. The maximum absolute atomic E-state index is 12.2. The van der Waals surface area contributed by atoms with Crippen molar-refractivity contribution in [3.8, 4) is 0 Å². The summed E-state index contributed by atoms with van der Waals surface area (Å²) in [7, 11) is 1.16. The van der Waals surface area contributed by atoms with Crippen LogP contribution in [0, 0.1) is 0 Å². The van der Waals surface area contributed by atoms with E-state index in [9.17, 15) is 18.0 Å². The molecule has 0 saturated heterocycles. The third-order valence-corrected chi connectivity index (χ3v) is 1.72. The Morgan fingerprint density at radius 3 is 2.73 bits per heavy atom. The summed E-state index contributed by atoms with van der Waals surface area (Å²) in [6.07, 6.45) is -2.38. The Hall–Kier alpha value is -1.46. The Morgan fingerprint density at radius 1 is 1.53 bits per heavy atom. The van der Waals surface area contributed by atoms with Gasteiger partial charge in [0.25, 0.3) is 0 Å². The minimum atomic E-state index is -4.52. The number of carbonyl (C=O) groups excluding carboxylic acids is 1. The van der Waals surface area contributed by atoms with Crippen molar-refractivity contribution in [1.82, 2.24) is 0 Å². The predicted octanol–water partition coefficient (Wildman–Crippen LogP) is 2.30. The highest BCUT2D eigenvalue weighted by molar-refractivity contribution is 5.71. The molecule has 15 heavy (non-hydrogen) atoms. The van der Waals surface area contributed by atoms with Gasteiger partial charge in [0, 0.05) is 0 Å². The fourth-order valence-corrected chi connectivity index (χ4v) is 1.02. The number of alkyl halides is 3. The predicted molar refractivity (Wildman–Crippen MR) is 44.6 cm³/mol. The lowest BCUT2D eigenvalue weighted by Crippen LogP contribution is -2.17. The van der Waals surface area contributed by atoms with Crippen LogP contribution in [0.5, 0.6) is 0 Å². The largest absolute Gasteiger partial charge is 0.469 e. The van der Waals surface area contributed by atoms with Crippen LogP contribution in [0.3, 0.4) is 0 Å². The van der Waals surface area contributed by atoms with E-state index in [4.69, 9.17) is 0 Å². The van der Waals surface area contributed by atoms with E-state index in [1.54, 1.807) is 0 Å². The summed E-state index contributed by atoms with van der Waals surface area (Å²) in [5.41, 5.74) is 0. The molecule has 84 valence electrons. The van der Waals surface area contributed by atoms with E-state index in [1.165, 1.54) is 6.08 Å². The zero-order valence-corrected chi connectivity index (χ0v) is 7.93. The monoisotopic (exact) mass is 222 g/mol. The molecule has 0 bridgehead atoms. The Balaban J connectivity index is 2.60. The average Bonchev–Trinajstić information content (AvgIpc) is 2.17. The highest BCUT2D eigenvalue weighted by Crippen LogP contribution is 2.31. The lowest BCUT2D eigenvalue weighted by molar-refractivity contribution is -0.142. The van der Waals surface area contributed by atoms with Crippen molar-refractivity contribution >= 4 is 5.97 Å². The maximum Gasteiger partial charge on any atom is 0.449 e. The minimum absolute atomic E-state index is 0.0309. The molecule has 0 aromatic rings. The number of allylic oxidation sites excluding steroid dienone is 3. The van der Waals surface area contributed by atoms with Gasteiger partial charge in [-0.2, -0.15) is 13.2 Å². The van der Waals surface area contributed by atoms with Crippen molar-refractivity contribution in [2.24, 2.45) is 0 Å². The molecule has 6 heteroatoms. The van der Waals surface area contributed by atoms with Crippen molar-refractivity contribution in [1.29, 1.82) is 0 Å². The molecule has 0 fully saturated rings. The molecule has 0 saturated carbocycles. The van der Waals surface area contributed by atoms with E-state index in [0.29, 0.717) is 0 Å². The zero-order chi connectivity index (χ0) is 11.5. The van der Waals surface area contributed by atoms with E-state index in [-0.39, 0.29) is 18.6 Å². The standard InChI is InChI=1S/C9H9F3O3/c1-14-8(13)5-6-3-2-4-7(15-6)9(10,11)12/h3-4H,2,5H2,1H3. The summed E-state index contributed by atoms with van der Waals surface area (Å²) in [6, 6.07) is 0. The summed E-state index contributed by atoms with van der Waals surface area (Å²) in [5, 5.41) is 0. The molecule has 0 radical (unpaired) electrons. The van der Waals surface area contributed by atoms with Crippen molar-refractivity contribution in [3.05, 3.63) is 23.7 Å². The second-order valence-corrected chi connectivity index (χ2v) is 2.83. The van der Waals surface area contributed by atoms with Crippen molar-refractivity contribution in [2.75, 3.05) is 7.11 Å². The Kier molecular flexibility index (Phi) is 3.39. The molecule has 0 atom stereocenters. The van der Waals surface area contributed by atoms with E-state index in [1.807, 2.05) is 0 Å². The summed E-state index contributed by atoms with van der Waals surface area (Å²) in [6.45, 7) is 0. The summed E-state index contributed by atoms with van der Waals surface area (Å²) >= 11 is 0. The van der Waals surface area contributed by atoms with Gasteiger partial charge in [-0.15, -0.1) is 0 Å². The van der Waals surface area contributed by atoms with Gasteiger partial charge in [0.05, 0.1) is 7.11 Å². The quantitative estimate of drug-likeness (QED) is 0.672. The van der Waals surface area contributed by atoms with Gasteiger partial charge in [-0.25, -0.2) is 0 Å². The second kappa shape index (κ2) is 4.37. The van der Waals surface area contributed by atoms with Crippen molar-refractivity contribution in [3.63, 3.8) is 0 Å². The molecule has 1 aliphatic rings. The molecule has 1 aliphatic heterocycles.